The number of rotatable bonds is 17. The van der Waals surface area contributed by atoms with Crippen molar-refractivity contribution in [1.29, 1.82) is 0 Å². The summed E-state index contributed by atoms with van der Waals surface area (Å²) in [5.41, 5.74) is 32.2. The normalized spacial score (nSPS) is 11.5. The number of imidazole rings is 3. The van der Waals surface area contributed by atoms with E-state index in [1.807, 2.05) is 143 Å². The summed E-state index contributed by atoms with van der Waals surface area (Å²) < 4.78 is 14.1. The van der Waals surface area contributed by atoms with Gasteiger partial charge in [-0.2, -0.15) is 0 Å². The highest BCUT2D eigenvalue weighted by molar-refractivity contribution is 7.26. The molecule has 0 aliphatic rings. The average Bonchev–Trinajstić information content (AvgIpc) is 1.59. The van der Waals surface area contributed by atoms with Gasteiger partial charge in [-0.25, -0.2) is 44.9 Å². The van der Waals surface area contributed by atoms with Gasteiger partial charge in [0, 0.05) is 144 Å². The minimum absolute atomic E-state index is 0.705. The van der Waals surface area contributed by atoms with Crippen molar-refractivity contribution in [2.75, 3.05) is 0 Å². The Hall–Kier alpha value is -19.3. The van der Waals surface area contributed by atoms with Crippen LogP contribution in [0.5, 0.6) is 0 Å². The summed E-state index contributed by atoms with van der Waals surface area (Å²) in [7, 11) is 0. The molecule has 9 aromatic heterocycles. The Morgan fingerprint density at radius 2 is 0.387 bits per heavy atom. The Morgan fingerprint density at radius 1 is 0.147 bits per heavy atom. The van der Waals surface area contributed by atoms with Crippen molar-refractivity contribution in [3.8, 4) is 175 Å². The molecule has 0 spiro atoms. The summed E-state index contributed by atoms with van der Waals surface area (Å²) in [4.78, 5) is 46.2. The molecule has 0 unspecified atom stereocenters. The quantitative estimate of drug-likeness (QED) is 0.0874. The van der Waals surface area contributed by atoms with Gasteiger partial charge >= 0.3 is 0 Å². The smallest absolute Gasteiger partial charge is 0.160 e. The predicted octanol–water partition coefficient (Wildman–Crippen LogP) is 35.9. The SMILES string of the molecule is c1ccc(-c2cc(-c3cccc4sc5cc(-c6nc7ccccc7n6-c6ccccc6)ccc5c34)nc(-c3ccccc3)n2)cc1.c1ccc(-c2ccc(-c3cc(-c4cccc5sc6cc(-c7nc8ccccc8n7-c7ccccc7)ccc6c45)nc(-c4ccccc4)n3)cc2)cc1.c1ccc(-c2cccc(-c3cc(-c4cccc5sc6cc(-c7nc8ccccc8n7-c7ccccc7)ccc6c45)nc(-c4ccccc4)n3)c2)cc1. The van der Waals surface area contributed by atoms with Crippen molar-refractivity contribution < 1.29 is 0 Å². The van der Waals surface area contributed by atoms with Gasteiger partial charge < -0.3 is 0 Å². The fourth-order valence-electron chi connectivity index (χ4n) is 20.6. The Balaban J connectivity index is 0.000000111. The first-order valence-corrected chi connectivity index (χ1v) is 52.5. The fraction of sp³-hybridized carbons (Fsp3) is 0. The van der Waals surface area contributed by atoms with Gasteiger partial charge in [-0.1, -0.05) is 388 Å². The van der Waals surface area contributed by atoms with Crippen molar-refractivity contribution >= 4 is 128 Å². The number of para-hydroxylation sites is 9. The van der Waals surface area contributed by atoms with E-state index in [4.69, 9.17) is 44.9 Å². The molecular formula is C135H86N12S3. The number of thiophene rings is 3. The van der Waals surface area contributed by atoms with Gasteiger partial charge in [0.2, 0.25) is 0 Å². The van der Waals surface area contributed by atoms with Gasteiger partial charge in [-0.15, -0.1) is 34.0 Å². The third-order valence-electron chi connectivity index (χ3n) is 27.7. The van der Waals surface area contributed by atoms with Gasteiger partial charge in [0.25, 0.3) is 0 Å². The fourth-order valence-corrected chi connectivity index (χ4v) is 24.1. The molecule has 0 N–H and O–H groups in total. The van der Waals surface area contributed by atoms with E-state index in [0.717, 1.165) is 180 Å². The number of nitrogens with zero attached hydrogens (tertiary/aromatic N) is 12. The maximum atomic E-state index is 5.23. The first-order chi connectivity index (χ1) is 74.3. The van der Waals surface area contributed by atoms with E-state index >= 15 is 0 Å². The molecule has 0 radical (unpaired) electrons. The first kappa shape index (κ1) is 89.5. The highest BCUT2D eigenvalue weighted by Crippen LogP contribution is 2.49. The number of benzene rings is 20. The zero-order valence-electron chi connectivity index (χ0n) is 80.7. The van der Waals surface area contributed by atoms with Crippen molar-refractivity contribution in [2.45, 2.75) is 0 Å². The lowest BCUT2D eigenvalue weighted by atomic mass is 9.99. The molecule has 12 nitrogen and oxygen atoms in total. The monoisotopic (exact) mass is 1970 g/mol. The van der Waals surface area contributed by atoms with Gasteiger partial charge in [-0.05, 0) is 156 Å². The molecule has 15 heteroatoms. The summed E-state index contributed by atoms with van der Waals surface area (Å²) in [6, 6.07) is 182. The molecular weight excluding hydrogens is 1890 g/mol. The second kappa shape index (κ2) is 39.0. The van der Waals surface area contributed by atoms with Crippen LogP contribution in [0, 0.1) is 0 Å². The van der Waals surface area contributed by atoms with Crippen LogP contribution >= 0.6 is 34.0 Å². The average molecular weight is 1970 g/mol. The molecule has 29 aromatic rings. The summed E-state index contributed by atoms with van der Waals surface area (Å²) in [6.07, 6.45) is 0. The molecule has 0 bridgehead atoms. The molecule has 0 aliphatic carbocycles. The highest BCUT2D eigenvalue weighted by atomic mass is 32.1. The van der Waals surface area contributed by atoms with Gasteiger partial charge in [-0.3, -0.25) is 13.7 Å². The van der Waals surface area contributed by atoms with Gasteiger partial charge in [0.1, 0.15) is 17.5 Å². The molecule has 20 aromatic carbocycles. The number of hydrogen-bond acceptors (Lipinski definition) is 12. The summed E-state index contributed by atoms with van der Waals surface area (Å²) >= 11 is 5.42. The highest BCUT2D eigenvalue weighted by Gasteiger charge is 2.26. The Kier molecular flexibility index (Phi) is 23.3. The molecule has 0 atom stereocenters. The molecule has 0 amide bonds. The molecule has 0 fully saturated rings. The molecule has 0 aliphatic heterocycles. The molecule has 0 saturated carbocycles. The van der Waals surface area contributed by atoms with Crippen LogP contribution in [-0.4, -0.2) is 58.6 Å². The Morgan fingerprint density at radius 3 is 0.727 bits per heavy atom. The van der Waals surface area contributed by atoms with Crippen LogP contribution in [0.25, 0.3) is 269 Å². The van der Waals surface area contributed by atoms with E-state index in [1.54, 1.807) is 0 Å². The standard InChI is InChI=1S/2C47H30N4S.C41H26N4S/c1-4-14-31(15-5-1)33-18-12-19-34(28-33)40-30-41(49-46(48-40)32-16-6-2-7-17-32)37-22-13-25-43-45(37)38-27-26-35(29-44(38)52-43)47-50-39-23-10-11-24-42(39)51(47)36-20-8-3-9-21-36;1-4-13-31(14-5-1)32-23-25-33(26-24-32)40-30-41(49-46(48-40)34-15-6-2-7-16-34)37-19-12-22-43-45(37)38-28-27-35(29-44(38)52-43)47-50-39-20-10-11-21-42(39)51(47)36-17-8-3-9-18-36;1-4-13-27(14-5-1)34-26-35(43-40(42-34)28-15-6-2-7-16-28)31-19-12-22-37-39(31)32-24-23-29(25-38(32)46-37)41-44-33-20-10-11-21-36(33)45(41)30-17-8-3-9-18-30/h2*1-30H;1-26H. The largest absolute Gasteiger partial charge is 0.292 e. The van der Waals surface area contributed by atoms with Crippen LogP contribution in [-0.2, 0) is 0 Å². The van der Waals surface area contributed by atoms with Crippen LogP contribution in [0.15, 0.2) is 522 Å². The lowest BCUT2D eigenvalue weighted by molar-refractivity contribution is 1.10. The van der Waals surface area contributed by atoms with Crippen LogP contribution < -0.4 is 0 Å². The molecule has 0 saturated heterocycles. The van der Waals surface area contributed by atoms with Crippen molar-refractivity contribution in [2.24, 2.45) is 0 Å². The van der Waals surface area contributed by atoms with Gasteiger partial charge in [0.15, 0.2) is 17.5 Å². The summed E-state index contributed by atoms with van der Waals surface area (Å²) in [5.74, 6) is 4.92. The lowest BCUT2D eigenvalue weighted by Gasteiger charge is -2.12. The summed E-state index contributed by atoms with van der Waals surface area (Å²) in [6.45, 7) is 0. The Labute approximate surface area is 876 Å². The topological polar surface area (TPSA) is 131 Å². The molecule has 9 heterocycles. The number of fused-ring (bicyclic) bond motifs is 12. The van der Waals surface area contributed by atoms with E-state index < -0.39 is 0 Å². The van der Waals surface area contributed by atoms with Crippen molar-refractivity contribution in [3.63, 3.8) is 0 Å². The minimum atomic E-state index is 0.705. The predicted molar refractivity (Wildman–Crippen MR) is 625 cm³/mol. The van der Waals surface area contributed by atoms with Crippen molar-refractivity contribution in [3.05, 3.63) is 522 Å². The Bertz CT molecular complexity index is 10100. The van der Waals surface area contributed by atoms with Gasteiger partial charge in [0.05, 0.1) is 67.3 Å². The van der Waals surface area contributed by atoms with E-state index in [1.165, 1.54) is 77.2 Å². The number of hydrogen-bond donors (Lipinski definition) is 0. The third-order valence-corrected chi connectivity index (χ3v) is 31.1. The minimum Gasteiger partial charge on any atom is -0.292 e. The van der Waals surface area contributed by atoms with Crippen LogP contribution in [0.3, 0.4) is 0 Å². The second-order valence-electron chi connectivity index (χ2n) is 37.0. The maximum Gasteiger partial charge on any atom is 0.160 e. The van der Waals surface area contributed by atoms with Crippen LogP contribution in [0.4, 0.5) is 0 Å². The maximum absolute atomic E-state index is 5.23. The lowest BCUT2D eigenvalue weighted by Crippen LogP contribution is -1.97. The molecule has 704 valence electrons. The van der Waals surface area contributed by atoms with E-state index in [0.29, 0.717) is 11.6 Å². The zero-order chi connectivity index (χ0) is 99.3. The zero-order valence-corrected chi connectivity index (χ0v) is 83.2. The van der Waals surface area contributed by atoms with E-state index in [9.17, 15) is 0 Å². The summed E-state index contributed by atoms with van der Waals surface area (Å²) in [5, 5.41) is 7.23. The van der Waals surface area contributed by atoms with Crippen LogP contribution in [0.1, 0.15) is 0 Å². The molecule has 150 heavy (non-hydrogen) atoms. The van der Waals surface area contributed by atoms with Crippen LogP contribution in [0.2, 0.25) is 0 Å². The molecule has 29 rings (SSSR count). The van der Waals surface area contributed by atoms with E-state index in [-0.39, 0.29) is 0 Å². The second-order valence-corrected chi connectivity index (χ2v) is 40.3. The van der Waals surface area contributed by atoms with Crippen molar-refractivity contribution in [1.82, 2.24) is 58.6 Å². The van der Waals surface area contributed by atoms with E-state index in [2.05, 4.69) is 426 Å². The third kappa shape index (κ3) is 17.1. The number of aromatic nitrogens is 12. The first-order valence-electron chi connectivity index (χ1n) is 50.0.